The fourth-order valence-electron chi connectivity index (χ4n) is 4.48. The monoisotopic (exact) mass is 509 g/mol. The Morgan fingerprint density at radius 1 is 1.06 bits per heavy atom. The normalized spacial score (nSPS) is 15.2. The van der Waals surface area contributed by atoms with Gasteiger partial charge < -0.3 is 19.3 Å². The third-order valence-electron chi connectivity index (χ3n) is 6.55. The van der Waals surface area contributed by atoms with Crippen molar-refractivity contribution in [2.24, 2.45) is 0 Å². The van der Waals surface area contributed by atoms with E-state index in [1.165, 1.54) is 0 Å². The van der Waals surface area contributed by atoms with Gasteiger partial charge >= 0.3 is 0 Å². The zero-order valence-corrected chi connectivity index (χ0v) is 22.3. The average Bonchev–Trinajstić information content (AvgIpc) is 3.36. The predicted molar refractivity (Wildman–Crippen MR) is 143 cm³/mol. The first kappa shape index (κ1) is 26.2. The van der Waals surface area contributed by atoms with Crippen LogP contribution in [0.3, 0.4) is 0 Å². The molecule has 8 nitrogen and oxygen atoms in total. The van der Waals surface area contributed by atoms with Crippen molar-refractivity contribution in [3.05, 3.63) is 59.7 Å². The number of rotatable bonds is 10. The van der Waals surface area contributed by atoms with Crippen molar-refractivity contribution >= 4 is 17.7 Å². The van der Waals surface area contributed by atoms with Crippen molar-refractivity contribution in [2.75, 3.05) is 53.6 Å². The summed E-state index contributed by atoms with van der Waals surface area (Å²) in [5, 5.41) is 9.84. The Hall–Kier alpha value is -2.88. The number of carbonyl (C=O) groups is 1. The summed E-state index contributed by atoms with van der Waals surface area (Å²) in [7, 11) is 3.35. The van der Waals surface area contributed by atoms with Gasteiger partial charge in [-0.2, -0.15) is 0 Å². The molecule has 0 saturated carbocycles. The predicted octanol–water partition coefficient (Wildman–Crippen LogP) is 4.23. The lowest BCUT2D eigenvalue weighted by molar-refractivity contribution is 0.0642. The van der Waals surface area contributed by atoms with Crippen LogP contribution < -0.4 is 4.74 Å². The molecule has 0 bridgehead atoms. The highest BCUT2D eigenvalue weighted by Gasteiger charge is 2.24. The number of amides is 1. The highest BCUT2D eigenvalue weighted by molar-refractivity contribution is 7.98. The summed E-state index contributed by atoms with van der Waals surface area (Å²) >= 11 is 1.59. The van der Waals surface area contributed by atoms with Crippen LogP contribution in [0, 0.1) is 0 Å². The van der Waals surface area contributed by atoms with Crippen LogP contribution in [0.5, 0.6) is 5.75 Å². The molecule has 1 saturated heterocycles. The molecule has 1 fully saturated rings. The van der Waals surface area contributed by atoms with Gasteiger partial charge in [0.25, 0.3) is 5.91 Å². The van der Waals surface area contributed by atoms with Gasteiger partial charge in [0.2, 0.25) is 0 Å². The molecule has 9 heteroatoms. The maximum atomic E-state index is 13.4. The van der Waals surface area contributed by atoms with E-state index >= 15 is 0 Å². The van der Waals surface area contributed by atoms with Crippen LogP contribution in [0.1, 0.15) is 35.8 Å². The summed E-state index contributed by atoms with van der Waals surface area (Å²) in [5.74, 6) is 2.25. The van der Waals surface area contributed by atoms with E-state index in [1.807, 2.05) is 53.4 Å². The molecule has 0 N–H and O–H groups in total. The van der Waals surface area contributed by atoms with E-state index in [1.54, 1.807) is 26.0 Å². The maximum absolute atomic E-state index is 13.4. The Morgan fingerprint density at radius 2 is 1.83 bits per heavy atom. The van der Waals surface area contributed by atoms with E-state index in [-0.39, 0.29) is 11.9 Å². The molecule has 192 valence electrons. The second kappa shape index (κ2) is 12.4. The molecule has 1 aromatic heterocycles. The molecule has 36 heavy (non-hydrogen) atoms. The summed E-state index contributed by atoms with van der Waals surface area (Å²) in [5.41, 5.74) is 2.69. The molecule has 2 aromatic carbocycles. The van der Waals surface area contributed by atoms with Gasteiger partial charge in [-0.15, -0.1) is 10.2 Å². The smallest absolute Gasteiger partial charge is 0.254 e. The first-order chi connectivity index (χ1) is 17.5. The first-order valence-electron chi connectivity index (χ1n) is 12.4. The number of aromatic nitrogens is 3. The Labute approximate surface area is 217 Å². The SMILES string of the molecule is CCN1CCN(C(=O)c2ccccc2CSc2nnc(-c3cccc(OC)c3)n2C(C)COC)CC1. The first-order valence-corrected chi connectivity index (χ1v) is 13.3. The van der Waals surface area contributed by atoms with Crippen LogP contribution in [0.2, 0.25) is 0 Å². The molecule has 0 aliphatic carbocycles. The van der Waals surface area contributed by atoms with E-state index in [0.717, 1.165) is 66.1 Å². The number of nitrogens with zero attached hydrogens (tertiary/aromatic N) is 5. The van der Waals surface area contributed by atoms with E-state index < -0.39 is 0 Å². The molecule has 1 aliphatic heterocycles. The second-order valence-corrected chi connectivity index (χ2v) is 9.83. The molecule has 2 heterocycles. The van der Waals surface area contributed by atoms with Crippen LogP contribution in [-0.2, 0) is 10.5 Å². The van der Waals surface area contributed by atoms with Gasteiger partial charge in [0.1, 0.15) is 5.75 Å². The molecule has 0 spiro atoms. The Bertz CT molecular complexity index is 1160. The van der Waals surface area contributed by atoms with Crippen LogP contribution in [0.25, 0.3) is 11.4 Å². The second-order valence-electron chi connectivity index (χ2n) is 8.88. The molecule has 3 aromatic rings. The van der Waals surface area contributed by atoms with Gasteiger partial charge in [0.05, 0.1) is 19.8 Å². The van der Waals surface area contributed by atoms with Gasteiger partial charge in [-0.1, -0.05) is 49.0 Å². The minimum absolute atomic E-state index is 0.0282. The quantitative estimate of drug-likeness (QED) is 0.379. The van der Waals surface area contributed by atoms with Crippen molar-refractivity contribution in [2.45, 2.75) is 30.8 Å². The van der Waals surface area contributed by atoms with E-state index in [2.05, 4.69) is 33.5 Å². The number of likely N-dealkylation sites (N-methyl/N-ethyl adjacent to an activating group) is 1. The summed E-state index contributed by atoms with van der Waals surface area (Å²) in [6.45, 7) is 9.18. The van der Waals surface area contributed by atoms with Crippen molar-refractivity contribution in [1.29, 1.82) is 0 Å². The minimum Gasteiger partial charge on any atom is -0.497 e. The largest absolute Gasteiger partial charge is 0.497 e. The van der Waals surface area contributed by atoms with E-state index in [4.69, 9.17) is 9.47 Å². The molecule has 0 radical (unpaired) electrons. The molecule has 1 amide bonds. The van der Waals surface area contributed by atoms with Crippen LogP contribution in [0.15, 0.2) is 53.7 Å². The van der Waals surface area contributed by atoms with Gasteiger partial charge in [-0.25, -0.2) is 0 Å². The topological polar surface area (TPSA) is 72.7 Å². The maximum Gasteiger partial charge on any atom is 0.254 e. The highest BCUT2D eigenvalue weighted by Crippen LogP contribution is 2.32. The number of methoxy groups -OCH3 is 2. The molecular weight excluding hydrogens is 474 g/mol. The Kier molecular flexibility index (Phi) is 9.01. The summed E-state index contributed by atoms with van der Waals surface area (Å²) in [4.78, 5) is 17.7. The number of benzene rings is 2. The van der Waals surface area contributed by atoms with Crippen molar-refractivity contribution in [3.8, 4) is 17.1 Å². The number of piperazine rings is 1. The number of hydrogen-bond acceptors (Lipinski definition) is 7. The van der Waals surface area contributed by atoms with Crippen molar-refractivity contribution < 1.29 is 14.3 Å². The lowest BCUT2D eigenvalue weighted by Crippen LogP contribution is -2.48. The van der Waals surface area contributed by atoms with E-state index in [9.17, 15) is 4.79 Å². The molecule has 1 aliphatic rings. The fourth-order valence-corrected chi connectivity index (χ4v) is 5.52. The highest BCUT2D eigenvalue weighted by atomic mass is 32.2. The summed E-state index contributed by atoms with van der Waals surface area (Å²) in [6, 6.07) is 15.7. The van der Waals surface area contributed by atoms with Crippen LogP contribution >= 0.6 is 11.8 Å². The minimum atomic E-state index is 0.0282. The molecular formula is C27H35N5O3S. The zero-order chi connectivity index (χ0) is 25.5. The van der Waals surface area contributed by atoms with Gasteiger partial charge in [-0.3, -0.25) is 9.36 Å². The molecule has 1 unspecified atom stereocenters. The van der Waals surface area contributed by atoms with Crippen molar-refractivity contribution in [3.63, 3.8) is 0 Å². The third-order valence-corrected chi connectivity index (χ3v) is 7.54. The van der Waals surface area contributed by atoms with Crippen LogP contribution in [-0.4, -0.2) is 84.0 Å². The van der Waals surface area contributed by atoms with E-state index in [0.29, 0.717) is 12.4 Å². The standard InChI is InChI=1S/C27H35N5O3S/c1-5-30-13-15-31(16-14-30)26(33)24-12-7-6-9-22(24)19-36-27-29-28-25(32(27)20(2)18-34-3)21-10-8-11-23(17-21)35-4/h6-12,17,20H,5,13-16,18-19H2,1-4H3. The van der Waals surface area contributed by atoms with Crippen molar-refractivity contribution in [1.82, 2.24) is 24.6 Å². The number of hydrogen-bond donors (Lipinski definition) is 0. The van der Waals surface area contributed by atoms with Gasteiger partial charge in [0, 0.05) is 50.2 Å². The summed E-state index contributed by atoms with van der Waals surface area (Å²) in [6.07, 6.45) is 0. The lowest BCUT2D eigenvalue weighted by Gasteiger charge is -2.34. The number of thioether (sulfide) groups is 1. The summed E-state index contributed by atoms with van der Waals surface area (Å²) < 4.78 is 13.0. The fraction of sp³-hybridized carbons (Fsp3) is 0.444. The zero-order valence-electron chi connectivity index (χ0n) is 21.5. The molecule has 1 atom stereocenters. The lowest BCUT2D eigenvalue weighted by atomic mass is 10.1. The number of ether oxygens (including phenoxy) is 2. The Morgan fingerprint density at radius 3 is 2.56 bits per heavy atom. The third kappa shape index (κ3) is 5.91. The number of carbonyl (C=O) groups excluding carboxylic acids is 1. The Balaban J connectivity index is 1.56. The van der Waals surface area contributed by atoms with Crippen LogP contribution in [0.4, 0.5) is 0 Å². The average molecular weight is 510 g/mol. The van der Waals surface area contributed by atoms with Gasteiger partial charge in [0.15, 0.2) is 11.0 Å². The van der Waals surface area contributed by atoms with Gasteiger partial charge in [-0.05, 0) is 37.2 Å². The molecule has 4 rings (SSSR count).